The molecule has 1 nitrogen and oxygen atoms in total. The topological polar surface area (TPSA) is 26.0 Å². The van der Waals surface area contributed by atoms with Gasteiger partial charge in [0.2, 0.25) is 0 Å². The van der Waals surface area contributed by atoms with Crippen molar-refractivity contribution in [1.29, 1.82) is 0 Å². The molecule has 2 N–H and O–H groups in total. The molecule has 1 atom stereocenters. The number of benzene rings is 1. The maximum Gasteiger partial charge on any atom is 0.0513 e. The van der Waals surface area contributed by atoms with Crippen molar-refractivity contribution in [3.63, 3.8) is 0 Å². The maximum atomic E-state index is 6.33. The Morgan fingerprint density at radius 1 is 1.24 bits per heavy atom. The second kappa shape index (κ2) is 7.08. The molecule has 0 radical (unpaired) electrons. The summed E-state index contributed by atoms with van der Waals surface area (Å²) in [5.74, 6) is 0.482. The second-order valence-electron chi connectivity index (χ2n) is 4.55. The van der Waals surface area contributed by atoms with Gasteiger partial charge in [0.25, 0.3) is 0 Å². The van der Waals surface area contributed by atoms with Crippen LogP contribution in [0.3, 0.4) is 0 Å². The highest BCUT2D eigenvalue weighted by molar-refractivity contribution is 5.28. The van der Waals surface area contributed by atoms with Gasteiger partial charge in [-0.2, -0.15) is 0 Å². The van der Waals surface area contributed by atoms with Gasteiger partial charge in [0.05, 0.1) is 6.04 Å². The summed E-state index contributed by atoms with van der Waals surface area (Å²) < 4.78 is 0. The SMILES string of the molecule is C/C=C\C/C=C(\C(C)C)C(N)c1ccccc1. The monoisotopic (exact) mass is 229 g/mol. The van der Waals surface area contributed by atoms with E-state index in [1.54, 1.807) is 0 Å². The first-order chi connectivity index (χ1) is 8.16. The van der Waals surface area contributed by atoms with Crippen LogP contribution < -0.4 is 5.73 Å². The van der Waals surface area contributed by atoms with Crippen LogP contribution in [0.4, 0.5) is 0 Å². The van der Waals surface area contributed by atoms with Crippen LogP contribution in [0, 0.1) is 5.92 Å². The predicted octanol–water partition coefficient (Wildman–Crippen LogP) is 4.24. The Hall–Kier alpha value is -1.34. The van der Waals surface area contributed by atoms with E-state index in [1.165, 1.54) is 11.1 Å². The van der Waals surface area contributed by atoms with E-state index >= 15 is 0 Å². The van der Waals surface area contributed by atoms with Crippen LogP contribution in [-0.2, 0) is 0 Å². The Balaban J connectivity index is 2.88. The number of allylic oxidation sites excluding steroid dienone is 3. The zero-order valence-electron chi connectivity index (χ0n) is 11.1. The van der Waals surface area contributed by atoms with Crippen LogP contribution in [0.5, 0.6) is 0 Å². The van der Waals surface area contributed by atoms with Crippen molar-refractivity contribution in [2.45, 2.75) is 33.2 Å². The first-order valence-electron chi connectivity index (χ1n) is 6.28. The van der Waals surface area contributed by atoms with Crippen molar-refractivity contribution in [3.8, 4) is 0 Å². The highest BCUT2D eigenvalue weighted by Gasteiger charge is 2.13. The largest absolute Gasteiger partial charge is 0.321 e. The lowest BCUT2D eigenvalue weighted by Gasteiger charge is -2.20. The van der Waals surface area contributed by atoms with Gasteiger partial charge < -0.3 is 5.73 Å². The van der Waals surface area contributed by atoms with Crippen molar-refractivity contribution < 1.29 is 0 Å². The molecule has 1 heteroatoms. The van der Waals surface area contributed by atoms with Gasteiger partial charge in [-0.15, -0.1) is 0 Å². The zero-order chi connectivity index (χ0) is 12.7. The maximum absolute atomic E-state index is 6.33. The summed E-state index contributed by atoms with van der Waals surface area (Å²) in [6, 6.07) is 10.3. The molecule has 1 aromatic rings. The van der Waals surface area contributed by atoms with E-state index < -0.39 is 0 Å². The summed E-state index contributed by atoms with van der Waals surface area (Å²) in [5.41, 5.74) is 8.83. The number of nitrogens with two attached hydrogens (primary N) is 1. The third kappa shape index (κ3) is 4.20. The average molecular weight is 229 g/mol. The summed E-state index contributed by atoms with van der Waals surface area (Å²) in [4.78, 5) is 0. The Bertz CT molecular complexity index is 374. The predicted molar refractivity (Wildman–Crippen MR) is 75.7 cm³/mol. The molecule has 0 aliphatic rings. The lowest BCUT2D eigenvalue weighted by atomic mass is 9.90. The molecule has 0 aliphatic carbocycles. The van der Waals surface area contributed by atoms with Gasteiger partial charge in [-0.3, -0.25) is 0 Å². The molecule has 0 bridgehead atoms. The smallest absolute Gasteiger partial charge is 0.0513 e. The van der Waals surface area contributed by atoms with E-state index in [4.69, 9.17) is 5.73 Å². The number of hydrogen-bond donors (Lipinski definition) is 1. The number of rotatable bonds is 5. The van der Waals surface area contributed by atoms with E-state index in [0.29, 0.717) is 5.92 Å². The van der Waals surface area contributed by atoms with Crippen molar-refractivity contribution in [3.05, 3.63) is 59.7 Å². The van der Waals surface area contributed by atoms with Gasteiger partial charge in [-0.05, 0) is 24.8 Å². The normalized spacial score (nSPS) is 14.5. The molecule has 17 heavy (non-hydrogen) atoms. The molecular formula is C16H23N. The molecule has 92 valence electrons. The van der Waals surface area contributed by atoms with Crippen LogP contribution in [0.2, 0.25) is 0 Å². The van der Waals surface area contributed by atoms with Crippen LogP contribution >= 0.6 is 0 Å². The highest BCUT2D eigenvalue weighted by Crippen LogP contribution is 2.25. The molecular weight excluding hydrogens is 206 g/mol. The molecule has 0 aliphatic heterocycles. The fourth-order valence-corrected chi connectivity index (χ4v) is 1.91. The summed E-state index contributed by atoms with van der Waals surface area (Å²) in [6.07, 6.45) is 7.44. The first-order valence-corrected chi connectivity index (χ1v) is 6.28. The Morgan fingerprint density at radius 3 is 2.41 bits per heavy atom. The van der Waals surface area contributed by atoms with Crippen LogP contribution in [0.25, 0.3) is 0 Å². The molecule has 1 unspecified atom stereocenters. The van der Waals surface area contributed by atoms with Gasteiger partial charge in [0, 0.05) is 0 Å². The Kier molecular flexibility index (Phi) is 5.71. The minimum absolute atomic E-state index is 0.0152. The van der Waals surface area contributed by atoms with Crippen molar-refractivity contribution in [2.24, 2.45) is 11.7 Å². The first kappa shape index (κ1) is 13.7. The van der Waals surface area contributed by atoms with E-state index in [9.17, 15) is 0 Å². The fraction of sp³-hybridized carbons (Fsp3) is 0.375. The van der Waals surface area contributed by atoms with Crippen LogP contribution in [-0.4, -0.2) is 0 Å². The zero-order valence-corrected chi connectivity index (χ0v) is 11.1. The standard InChI is InChI=1S/C16H23N/c1-4-5-7-12-15(13(2)3)16(17)14-10-8-6-9-11-14/h4-6,8-13,16H,7,17H2,1-3H3/b5-4-,15-12+. The molecule has 0 amide bonds. The van der Waals surface area contributed by atoms with E-state index in [2.05, 4.69) is 44.2 Å². The average Bonchev–Trinajstić information content (AvgIpc) is 2.34. The Morgan fingerprint density at radius 2 is 1.88 bits per heavy atom. The molecule has 0 saturated heterocycles. The minimum atomic E-state index is 0.0152. The van der Waals surface area contributed by atoms with Crippen LogP contribution in [0.15, 0.2) is 54.1 Å². The molecule has 0 fully saturated rings. The van der Waals surface area contributed by atoms with E-state index in [-0.39, 0.29) is 6.04 Å². The summed E-state index contributed by atoms with van der Waals surface area (Å²) in [6.45, 7) is 6.44. The van der Waals surface area contributed by atoms with E-state index in [0.717, 1.165) is 6.42 Å². The molecule has 1 rings (SSSR count). The van der Waals surface area contributed by atoms with Gasteiger partial charge in [0.1, 0.15) is 0 Å². The third-order valence-electron chi connectivity index (χ3n) is 2.91. The highest BCUT2D eigenvalue weighted by atomic mass is 14.6. The Labute approximate surface area is 105 Å². The van der Waals surface area contributed by atoms with Gasteiger partial charge >= 0.3 is 0 Å². The fourth-order valence-electron chi connectivity index (χ4n) is 1.91. The van der Waals surface area contributed by atoms with Gasteiger partial charge in [-0.25, -0.2) is 0 Å². The number of hydrogen-bond acceptors (Lipinski definition) is 1. The molecule has 0 aromatic heterocycles. The lowest BCUT2D eigenvalue weighted by Crippen LogP contribution is -2.16. The summed E-state index contributed by atoms with van der Waals surface area (Å²) in [5, 5.41) is 0. The quantitative estimate of drug-likeness (QED) is 0.751. The third-order valence-corrected chi connectivity index (χ3v) is 2.91. The van der Waals surface area contributed by atoms with E-state index in [1.807, 2.05) is 25.1 Å². The van der Waals surface area contributed by atoms with Gasteiger partial charge in [0.15, 0.2) is 0 Å². The lowest BCUT2D eigenvalue weighted by molar-refractivity contribution is 0.662. The molecule has 1 aromatic carbocycles. The summed E-state index contributed by atoms with van der Waals surface area (Å²) >= 11 is 0. The van der Waals surface area contributed by atoms with Gasteiger partial charge in [-0.1, -0.05) is 68.0 Å². The molecule has 0 spiro atoms. The van der Waals surface area contributed by atoms with Crippen molar-refractivity contribution >= 4 is 0 Å². The summed E-state index contributed by atoms with van der Waals surface area (Å²) in [7, 11) is 0. The van der Waals surface area contributed by atoms with Crippen molar-refractivity contribution in [2.75, 3.05) is 0 Å². The molecule has 0 heterocycles. The van der Waals surface area contributed by atoms with Crippen LogP contribution in [0.1, 0.15) is 38.8 Å². The van der Waals surface area contributed by atoms with Crippen molar-refractivity contribution in [1.82, 2.24) is 0 Å². The second-order valence-corrected chi connectivity index (χ2v) is 4.55. The minimum Gasteiger partial charge on any atom is -0.321 e. The molecule has 0 saturated carbocycles.